The summed E-state index contributed by atoms with van der Waals surface area (Å²) in [6.07, 6.45) is 0. The number of aryl methyl sites for hydroxylation is 1. The summed E-state index contributed by atoms with van der Waals surface area (Å²) in [5.74, 6) is -0.409. The quantitative estimate of drug-likeness (QED) is 0.508. The van der Waals surface area contributed by atoms with E-state index in [0.717, 1.165) is 10.0 Å². The largest absolute Gasteiger partial charge is 1.00 e. The first kappa shape index (κ1) is 18.8. The fourth-order valence-corrected chi connectivity index (χ4v) is 2.86. The fourth-order valence-electron chi connectivity index (χ4n) is 2.59. The van der Waals surface area contributed by atoms with E-state index in [1.807, 2.05) is 24.3 Å². The van der Waals surface area contributed by atoms with Crippen LogP contribution in [0.25, 0.3) is 27.1 Å². The molecule has 0 spiro atoms. The highest BCUT2D eigenvalue weighted by Gasteiger charge is 2.29. The number of benzene rings is 1. The summed E-state index contributed by atoms with van der Waals surface area (Å²) >= 11 is 3.39. The van der Waals surface area contributed by atoms with Crippen LogP contribution in [0, 0.1) is 12.3 Å². The molecule has 0 unspecified atom stereocenters. The number of fused-ring (bicyclic) bond motifs is 1. The van der Waals surface area contributed by atoms with E-state index in [1.165, 1.54) is 0 Å². The highest BCUT2D eigenvalue weighted by Crippen LogP contribution is 2.37. The highest BCUT2D eigenvalue weighted by atomic mass is 79.9. The Morgan fingerprint density at radius 2 is 2.04 bits per heavy atom. The SMILES string of the molecule is CCOC(=O)c1c(C)nc2[nH]nc([N+]#N)c2c1-c1ccc(Br)cc1.[Cl-]. The molecular weight excluding hydrogens is 410 g/mol. The number of H-pyrrole nitrogens is 1. The van der Waals surface area contributed by atoms with Crippen molar-refractivity contribution in [3.05, 3.63) is 45.0 Å². The van der Waals surface area contributed by atoms with Gasteiger partial charge in [-0.25, -0.2) is 9.78 Å². The summed E-state index contributed by atoms with van der Waals surface area (Å²) in [4.78, 5) is 20.0. The number of nitrogens with zero attached hydrogens (tertiary/aromatic N) is 4. The molecule has 3 aromatic rings. The molecule has 3 rings (SSSR count). The predicted molar refractivity (Wildman–Crippen MR) is 92.5 cm³/mol. The lowest BCUT2D eigenvalue weighted by Gasteiger charge is -2.12. The molecule has 128 valence electrons. The van der Waals surface area contributed by atoms with Crippen LogP contribution in [0.4, 0.5) is 5.82 Å². The van der Waals surface area contributed by atoms with Crippen molar-refractivity contribution < 1.29 is 21.9 Å². The van der Waals surface area contributed by atoms with Gasteiger partial charge in [-0.3, -0.25) is 0 Å². The van der Waals surface area contributed by atoms with Gasteiger partial charge in [0.25, 0.3) is 0 Å². The lowest BCUT2D eigenvalue weighted by Crippen LogP contribution is -3.00. The Labute approximate surface area is 158 Å². The Hall–Kier alpha value is -2.50. The number of diazo groups is 1. The summed E-state index contributed by atoms with van der Waals surface area (Å²) in [6, 6.07) is 7.44. The lowest BCUT2D eigenvalue weighted by atomic mass is 9.96. The van der Waals surface area contributed by atoms with Crippen molar-refractivity contribution in [3.63, 3.8) is 0 Å². The van der Waals surface area contributed by atoms with Gasteiger partial charge in [0, 0.05) is 15.0 Å². The molecule has 2 heterocycles. The molecule has 1 aromatic carbocycles. The molecule has 2 aromatic heterocycles. The molecule has 0 saturated carbocycles. The lowest BCUT2D eigenvalue weighted by molar-refractivity contribution is -0.0000236. The van der Waals surface area contributed by atoms with Crippen LogP contribution in [-0.2, 0) is 4.74 Å². The number of aromatic amines is 1. The van der Waals surface area contributed by atoms with Crippen LogP contribution >= 0.6 is 15.9 Å². The molecular formula is C16H13BrClN5O2. The Kier molecular flexibility index (Phi) is 5.72. The summed E-state index contributed by atoms with van der Waals surface area (Å²) in [7, 11) is 0. The van der Waals surface area contributed by atoms with E-state index in [0.29, 0.717) is 27.9 Å². The van der Waals surface area contributed by atoms with Crippen molar-refractivity contribution >= 4 is 38.8 Å². The van der Waals surface area contributed by atoms with Crippen LogP contribution in [0.15, 0.2) is 28.7 Å². The van der Waals surface area contributed by atoms with E-state index < -0.39 is 5.97 Å². The monoisotopic (exact) mass is 421 g/mol. The second-order valence-electron chi connectivity index (χ2n) is 5.05. The van der Waals surface area contributed by atoms with E-state index in [2.05, 4.69) is 36.1 Å². The van der Waals surface area contributed by atoms with Crippen molar-refractivity contribution in [2.75, 3.05) is 6.61 Å². The van der Waals surface area contributed by atoms with E-state index in [9.17, 15) is 10.2 Å². The van der Waals surface area contributed by atoms with Crippen molar-refractivity contribution in [1.82, 2.24) is 15.2 Å². The molecule has 0 saturated heterocycles. The summed E-state index contributed by atoms with van der Waals surface area (Å²) < 4.78 is 6.09. The maximum absolute atomic E-state index is 12.5. The fraction of sp³-hybridized carbons (Fsp3) is 0.188. The smallest absolute Gasteiger partial charge is 0.497 e. The zero-order valence-electron chi connectivity index (χ0n) is 13.4. The first-order valence-corrected chi connectivity index (χ1v) is 8.03. The Bertz CT molecular complexity index is 979. The number of aromatic nitrogens is 3. The van der Waals surface area contributed by atoms with Crippen molar-refractivity contribution in [3.8, 4) is 11.1 Å². The van der Waals surface area contributed by atoms with Gasteiger partial charge in [-0.1, -0.05) is 28.1 Å². The summed E-state index contributed by atoms with van der Waals surface area (Å²) in [5.41, 5.74) is 2.62. The average molecular weight is 423 g/mol. The summed E-state index contributed by atoms with van der Waals surface area (Å²) in [6.45, 7) is 3.72. The minimum absolute atomic E-state index is 0. The number of pyridine rings is 1. The third kappa shape index (κ3) is 3.34. The molecule has 0 aliphatic rings. The minimum Gasteiger partial charge on any atom is -1.00 e. The predicted octanol–water partition coefficient (Wildman–Crippen LogP) is 1.36. The Morgan fingerprint density at radius 3 is 2.64 bits per heavy atom. The highest BCUT2D eigenvalue weighted by molar-refractivity contribution is 9.10. The van der Waals surface area contributed by atoms with Crippen molar-refractivity contribution in [2.24, 2.45) is 0 Å². The third-order valence-electron chi connectivity index (χ3n) is 3.58. The van der Waals surface area contributed by atoms with Gasteiger partial charge in [0.15, 0.2) is 5.65 Å². The van der Waals surface area contributed by atoms with Crippen molar-refractivity contribution in [2.45, 2.75) is 13.8 Å². The molecule has 0 aliphatic heterocycles. The van der Waals surface area contributed by atoms with Crippen LogP contribution in [0.2, 0.25) is 0 Å². The molecule has 0 fully saturated rings. The summed E-state index contributed by atoms with van der Waals surface area (Å²) in [5, 5.41) is 16.4. The van der Waals surface area contributed by atoms with E-state index in [4.69, 9.17) is 4.74 Å². The number of esters is 1. The van der Waals surface area contributed by atoms with E-state index in [-0.39, 0.29) is 24.8 Å². The standard InChI is InChI=1S/C16H12BrN5O2.ClH/c1-3-24-16(23)11-8(2)19-14-13(15(20-18)22-21-14)12(11)9-4-6-10(17)7-5-9;/h4-7H,3H2,1-2H3;1H. The molecule has 0 amide bonds. The van der Waals surface area contributed by atoms with Gasteiger partial charge in [-0.05, 0) is 31.5 Å². The zero-order chi connectivity index (χ0) is 17.3. The van der Waals surface area contributed by atoms with Gasteiger partial charge in [0.05, 0.1) is 28.4 Å². The van der Waals surface area contributed by atoms with Crippen LogP contribution < -0.4 is 12.4 Å². The molecule has 0 bridgehead atoms. The maximum atomic E-state index is 12.5. The molecule has 0 aliphatic carbocycles. The van der Waals surface area contributed by atoms with Crippen LogP contribution in [0.3, 0.4) is 0 Å². The van der Waals surface area contributed by atoms with Gasteiger partial charge in [-0.2, -0.15) is 5.10 Å². The topological polar surface area (TPSA) is 96.0 Å². The molecule has 1 N–H and O–H groups in total. The normalized spacial score (nSPS) is 10.2. The molecule has 7 nitrogen and oxygen atoms in total. The zero-order valence-corrected chi connectivity index (χ0v) is 15.7. The number of ether oxygens (including phenoxy) is 1. The van der Waals surface area contributed by atoms with Gasteiger partial charge >= 0.3 is 11.8 Å². The molecule has 0 radical (unpaired) electrons. The number of halogens is 2. The first-order chi connectivity index (χ1) is 11.6. The van der Waals surface area contributed by atoms with Gasteiger partial charge in [0.2, 0.25) is 0 Å². The molecule has 25 heavy (non-hydrogen) atoms. The van der Waals surface area contributed by atoms with Gasteiger partial charge in [-0.15, -0.1) is 0 Å². The van der Waals surface area contributed by atoms with E-state index in [1.54, 1.807) is 13.8 Å². The number of carbonyl (C=O) groups excluding carboxylic acids is 1. The average Bonchev–Trinajstić information content (AvgIpc) is 2.97. The van der Waals surface area contributed by atoms with Crippen LogP contribution in [0.1, 0.15) is 23.0 Å². The number of hydrogen-bond acceptors (Lipinski definition) is 5. The minimum atomic E-state index is -0.479. The third-order valence-corrected chi connectivity index (χ3v) is 4.11. The number of nitrogens with one attached hydrogen (secondary N) is 1. The second kappa shape index (κ2) is 7.59. The Morgan fingerprint density at radius 1 is 1.36 bits per heavy atom. The number of hydrogen-bond donors (Lipinski definition) is 1. The van der Waals surface area contributed by atoms with Gasteiger partial charge < -0.3 is 17.1 Å². The number of rotatable bonds is 3. The Balaban J connectivity index is 0.00000225. The number of carbonyl (C=O) groups is 1. The van der Waals surface area contributed by atoms with E-state index >= 15 is 0 Å². The second-order valence-corrected chi connectivity index (χ2v) is 5.96. The first-order valence-electron chi connectivity index (χ1n) is 7.23. The maximum Gasteiger partial charge on any atom is 0.497 e. The van der Waals surface area contributed by atoms with Gasteiger partial charge in [0.1, 0.15) is 5.39 Å². The van der Waals surface area contributed by atoms with Crippen LogP contribution in [0.5, 0.6) is 0 Å². The molecule has 9 heteroatoms. The molecule has 0 atom stereocenters. The van der Waals surface area contributed by atoms with Crippen LogP contribution in [-0.4, -0.2) is 27.8 Å². The van der Waals surface area contributed by atoms with Crippen molar-refractivity contribution in [1.29, 1.82) is 5.39 Å².